The van der Waals surface area contributed by atoms with Crippen LogP contribution in [0.1, 0.15) is 30.2 Å². The van der Waals surface area contributed by atoms with Crippen LogP contribution in [0.3, 0.4) is 0 Å². The minimum Gasteiger partial charge on any atom is -0.376 e. The predicted molar refractivity (Wildman–Crippen MR) is 106 cm³/mol. The molecule has 0 saturated carbocycles. The monoisotopic (exact) mass is 404 g/mol. The Labute approximate surface area is 168 Å². The third-order valence-electron chi connectivity index (χ3n) is 4.79. The van der Waals surface area contributed by atoms with Crippen LogP contribution in [0.5, 0.6) is 0 Å². The Bertz CT molecular complexity index is 773. The Morgan fingerprint density at radius 2 is 1.96 bits per heavy atom. The normalized spacial score (nSPS) is 16.1. The quantitative estimate of drug-likeness (QED) is 0.677. The van der Waals surface area contributed by atoms with Gasteiger partial charge in [0.05, 0.1) is 19.2 Å². The molecular weight excluding hydrogens is 379 g/mol. The van der Waals surface area contributed by atoms with Gasteiger partial charge in [-0.3, -0.25) is 9.59 Å². The van der Waals surface area contributed by atoms with E-state index in [-0.39, 0.29) is 30.3 Å². The van der Waals surface area contributed by atoms with E-state index in [1.54, 1.807) is 33.3 Å². The number of ether oxygens (including phenoxy) is 1. The van der Waals surface area contributed by atoms with Crippen molar-refractivity contribution >= 4 is 23.2 Å². The maximum absolute atomic E-state index is 13.2. The highest BCUT2D eigenvalue weighted by Crippen LogP contribution is 2.17. The van der Waals surface area contributed by atoms with Crippen molar-refractivity contribution in [2.24, 2.45) is 0 Å². The molecule has 28 heavy (non-hydrogen) atoms. The van der Waals surface area contributed by atoms with Crippen LogP contribution in [0.15, 0.2) is 41.8 Å². The molecule has 0 N–H and O–H groups in total. The molecule has 1 aromatic carbocycles. The van der Waals surface area contributed by atoms with Gasteiger partial charge in [0.1, 0.15) is 5.82 Å². The van der Waals surface area contributed by atoms with Crippen LogP contribution >= 0.6 is 11.3 Å². The van der Waals surface area contributed by atoms with E-state index in [0.717, 1.165) is 23.3 Å². The number of halogens is 1. The van der Waals surface area contributed by atoms with Gasteiger partial charge in [-0.05, 0) is 42.0 Å². The first-order chi connectivity index (χ1) is 13.5. The van der Waals surface area contributed by atoms with Crippen LogP contribution in [0.25, 0.3) is 0 Å². The first kappa shape index (κ1) is 20.5. The van der Waals surface area contributed by atoms with Crippen molar-refractivity contribution in [3.05, 3.63) is 58.0 Å². The number of thiophene rings is 1. The minimum absolute atomic E-state index is 0.000422. The van der Waals surface area contributed by atoms with E-state index in [0.29, 0.717) is 26.2 Å². The summed E-state index contributed by atoms with van der Waals surface area (Å²) in [5.41, 5.74) is 0.847. The van der Waals surface area contributed by atoms with Gasteiger partial charge in [-0.1, -0.05) is 18.2 Å². The Balaban J connectivity index is 1.70. The maximum atomic E-state index is 13.2. The van der Waals surface area contributed by atoms with Gasteiger partial charge in [0.25, 0.3) is 0 Å². The second-order valence-corrected chi connectivity index (χ2v) is 8.02. The summed E-state index contributed by atoms with van der Waals surface area (Å²) < 4.78 is 18.8. The lowest BCUT2D eigenvalue weighted by Crippen LogP contribution is -2.44. The van der Waals surface area contributed by atoms with Crippen molar-refractivity contribution in [2.45, 2.75) is 39.0 Å². The molecule has 0 unspecified atom stereocenters. The van der Waals surface area contributed by atoms with E-state index in [9.17, 15) is 14.0 Å². The largest absolute Gasteiger partial charge is 0.376 e. The van der Waals surface area contributed by atoms with Crippen LogP contribution in [0.4, 0.5) is 4.39 Å². The molecule has 1 aromatic heterocycles. The fourth-order valence-electron chi connectivity index (χ4n) is 3.23. The lowest BCUT2D eigenvalue weighted by atomic mass is 10.2. The Kier molecular flexibility index (Phi) is 7.17. The van der Waals surface area contributed by atoms with Crippen molar-refractivity contribution in [2.75, 3.05) is 19.7 Å². The summed E-state index contributed by atoms with van der Waals surface area (Å²) >= 11 is 1.58. The van der Waals surface area contributed by atoms with E-state index in [1.165, 1.54) is 19.1 Å². The average molecular weight is 405 g/mol. The van der Waals surface area contributed by atoms with Crippen molar-refractivity contribution in [3.8, 4) is 0 Å². The summed E-state index contributed by atoms with van der Waals surface area (Å²) in [7, 11) is 0. The van der Waals surface area contributed by atoms with Crippen LogP contribution in [0, 0.1) is 5.82 Å². The molecule has 2 heterocycles. The number of benzene rings is 1. The molecule has 3 rings (SSSR count). The summed E-state index contributed by atoms with van der Waals surface area (Å²) in [6, 6.07) is 10.1. The molecule has 1 aliphatic heterocycles. The third kappa shape index (κ3) is 5.87. The summed E-state index contributed by atoms with van der Waals surface area (Å²) in [4.78, 5) is 29.4. The average Bonchev–Trinajstić information content (AvgIpc) is 3.36. The lowest BCUT2D eigenvalue weighted by Gasteiger charge is -2.28. The number of hydrogen-bond acceptors (Lipinski definition) is 4. The second kappa shape index (κ2) is 9.80. The zero-order valence-electron chi connectivity index (χ0n) is 16.0. The van der Waals surface area contributed by atoms with Gasteiger partial charge in [-0.15, -0.1) is 11.3 Å². The topological polar surface area (TPSA) is 49.9 Å². The van der Waals surface area contributed by atoms with Gasteiger partial charge in [0.2, 0.25) is 11.8 Å². The van der Waals surface area contributed by atoms with Gasteiger partial charge >= 0.3 is 0 Å². The Hall–Kier alpha value is -2.25. The van der Waals surface area contributed by atoms with Crippen LogP contribution in [-0.2, 0) is 27.4 Å². The van der Waals surface area contributed by atoms with Crippen molar-refractivity contribution in [1.29, 1.82) is 0 Å². The molecule has 0 spiro atoms. The molecule has 5 nitrogen and oxygen atoms in total. The highest BCUT2D eigenvalue weighted by Gasteiger charge is 2.25. The van der Waals surface area contributed by atoms with Gasteiger partial charge in [0, 0.05) is 31.5 Å². The number of hydrogen-bond donors (Lipinski definition) is 0. The standard InChI is InChI=1S/C21H25FN2O3S/c1-16(25)23(13-19-4-2-10-27-19)15-21(26)24(14-20-5-3-11-28-20)12-17-6-8-18(22)9-7-17/h3,5-9,11,19H,2,4,10,12-15H2,1H3/t19-/m0/s1. The van der Waals surface area contributed by atoms with Crippen LogP contribution in [-0.4, -0.2) is 47.4 Å². The Morgan fingerprint density at radius 1 is 1.18 bits per heavy atom. The molecule has 150 valence electrons. The molecule has 0 bridgehead atoms. The summed E-state index contributed by atoms with van der Waals surface area (Å²) in [6.07, 6.45) is 1.89. The molecule has 1 aliphatic rings. The number of nitrogens with zero attached hydrogens (tertiary/aromatic N) is 2. The molecular formula is C21H25FN2O3S. The maximum Gasteiger partial charge on any atom is 0.242 e. The number of carbonyl (C=O) groups is 2. The van der Waals surface area contributed by atoms with E-state index in [4.69, 9.17) is 4.74 Å². The van der Waals surface area contributed by atoms with Crippen LogP contribution < -0.4 is 0 Å². The van der Waals surface area contributed by atoms with Gasteiger partial charge < -0.3 is 14.5 Å². The minimum atomic E-state index is -0.306. The van der Waals surface area contributed by atoms with Crippen molar-refractivity contribution < 1.29 is 18.7 Å². The molecule has 1 saturated heterocycles. The smallest absolute Gasteiger partial charge is 0.242 e. The van der Waals surface area contributed by atoms with E-state index < -0.39 is 0 Å². The molecule has 7 heteroatoms. The fraction of sp³-hybridized carbons (Fsp3) is 0.429. The van der Waals surface area contributed by atoms with Gasteiger partial charge in [-0.2, -0.15) is 0 Å². The first-order valence-electron chi connectivity index (χ1n) is 9.43. The third-order valence-corrected chi connectivity index (χ3v) is 5.65. The number of carbonyl (C=O) groups excluding carboxylic acids is 2. The van der Waals surface area contributed by atoms with Crippen molar-refractivity contribution in [1.82, 2.24) is 9.80 Å². The highest BCUT2D eigenvalue weighted by molar-refractivity contribution is 7.09. The number of rotatable bonds is 8. The molecule has 1 atom stereocenters. The lowest BCUT2D eigenvalue weighted by molar-refractivity contribution is -0.141. The highest BCUT2D eigenvalue weighted by atomic mass is 32.1. The molecule has 1 fully saturated rings. The zero-order valence-corrected chi connectivity index (χ0v) is 16.8. The van der Waals surface area contributed by atoms with E-state index in [1.807, 2.05) is 17.5 Å². The molecule has 0 radical (unpaired) electrons. The second-order valence-electron chi connectivity index (χ2n) is 6.99. The van der Waals surface area contributed by atoms with E-state index in [2.05, 4.69) is 0 Å². The van der Waals surface area contributed by atoms with Gasteiger partial charge in [-0.25, -0.2) is 4.39 Å². The molecule has 2 aromatic rings. The Morgan fingerprint density at radius 3 is 2.57 bits per heavy atom. The molecule has 2 amide bonds. The first-order valence-corrected chi connectivity index (χ1v) is 10.3. The van der Waals surface area contributed by atoms with Gasteiger partial charge in [0.15, 0.2) is 0 Å². The molecule has 0 aliphatic carbocycles. The number of amides is 2. The van der Waals surface area contributed by atoms with Crippen molar-refractivity contribution in [3.63, 3.8) is 0 Å². The predicted octanol–water partition coefficient (Wildman–Crippen LogP) is 3.44. The summed E-state index contributed by atoms with van der Waals surface area (Å²) in [6.45, 7) is 3.46. The van der Waals surface area contributed by atoms with E-state index >= 15 is 0 Å². The SMILES string of the molecule is CC(=O)N(CC(=O)N(Cc1ccc(F)cc1)Cc1cccs1)C[C@@H]1CCCO1. The fourth-order valence-corrected chi connectivity index (χ4v) is 3.95. The summed E-state index contributed by atoms with van der Waals surface area (Å²) in [5, 5.41) is 1.97. The van der Waals surface area contributed by atoms with Crippen LogP contribution in [0.2, 0.25) is 0 Å². The summed E-state index contributed by atoms with van der Waals surface area (Å²) in [5.74, 6) is -0.577. The zero-order chi connectivity index (χ0) is 19.9.